The van der Waals surface area contributed by atoms with Crippen LogP contribution < -0.4 is 5.19 Å². The number of hydrogen-bond donors (Lipinski definition) is 0. The molecule has 0 fully saturated rings. The predicted molar refractivity (Wildman–Crippen MR) is 197 cm³/mol. The van der Waals surface area contributed by atoms with E-state index in [9.17, 15) is 0 Å². The van der Waals surface area contributed by atoms with Gasteiger partial charge in [-0.05, 0) is 0 Å². The summed E-state index contributed by atoms with van der Waals surface area (Å²) in [6.45, 7) is 6.98. The Hall–Kier alpha value is -0.433. The van der Waals surface area contributed by atoms with Crippen LogP contribution in [0, 0.1) is 0 Å². The third-order valence-corrected chi connectivity index (χ3v) is 15.8. The van der Waals surface area contributed by atoms with Gasteiger partial charge in [-0.3, -0.25) is 0 Å². The van der Waals surface area contributed by atoms with Gasteiger partial charge in [0.1, 0.15) is 0 Å². The summed E-state index contributed by atoms with van der Waals surface area (Å²) in [4.78, 5) is 0. The van der Waals surface area contributed by atoms with Gasteiger partial charge < -0.3 is 0 Å². The highest BCUT2D eigenvalue weighted by Gasteiger charge is 2.29. The van der Waals surface area contributed by atoms with Crippen molar-refractivity contribution in [3.63, 3.8) is 0 Å². The second-order valence-electron chi connectivity index (χ2n) is 14.2. The van der Waals surface area contributed by atoms with Crippen LogP contribution in [0.4, 0.5) is 0 Å². The van der Waals surface area contributed by atoms with Gasteiger partial charge in [-0.15, -0.1) is 0 Å². The summed E-state index contributed by atoms with van der Waals surface area (Å²) in [5, 5.41) is 1.82. The van der Waals surface area contributed by atoms with E-state index < -0.39 is 8.07 Å². The smallest absolute Gasteiger partial charge is 0.0240 e. The number of rotatable bonds is 34. The number of hydrogen-bond acceptors (Lipinski definition) is 0. The van der Waals surface area contributed by atoms with E-state index in [4.69, 9.17) is 0 Å². The molecule has 0 saturated heterocycles. The molecular weight excluding hydrogens is 521 g/mol. The molecule has 1 heteroatoms. The van der Waals surface area contributed by atoms with Gasteiger partial charge in [0.25, 0.3) is 0 Å². The first-order valence-electron chi connectivity index (χ1n) is 20.0. The Morgan fingerprint density at radius 3 is 0.762 bits per heavy atom. The molecule has 0 unspecified atom stereocenters. The Kier molecular flexibility index (Phi) is 28.8. The van der Waals surface area contributed by atoms with Gasteiger partial charge in [-0.25, -0.2) is 12.1 Å². The van der Waals surface area contributed by atoms with Gasteiger partial charge >= 0.3 is 0 Å². The molecule has 0 heterocycles. The predicted octanol–water partition coefficient (Wildman–Crippen LogP) is 14.8. The van der Waals surface area contributed by atoms with Crippen LogP contribution in [0.1, 0.15) is 213 Å². The summed E-state index contributed by atoms with van der Waals surface area (Å²) in [6, 6.07) is 14.5. The molecule has 0 nitrogen and oxygen atoms in total. The molecule has 0 atom stereocenters. The van der Waals surface area contributed by atoms with Crippen LogP contribution >= 0.6 is 0 Å². The molecule has 0 radical (unpaired) electrons. The van der Waals surface area contributed by atoms with Gasteiger partial charge in [0.15, 0.2) is 0 Å². The quantitative estimate of drug-likeness (QED) is 0.0420. The highest BCUT2D eigenvalue weighted by molar-refractivity contribution is 6.91. The van der Waals surface area contributed by atoms with E-state index in [1.165, 1.54) is 193 Å². The summed E-state index contributed by atoms with van der Waals surface area (Å²) in [7, 11) is -1.39. The van der Waals surface area contributed by atoms with Crippen molar-refractivity contribution >= 4 is 13.3 Å². The van der Waals surface area contributed by atoms with E-state index in [1.54, 1.807) is 18.1 Å². The molecule has 1 aromatic carbocycles. The average molecular weight is 600 g/mol. The van der Waals surface area contributed by atoms with Crippen molar-refractivity contribution in [2.45, 2.75) is 232 Å². The lowest BCUT2D eigenvalue weighted by Crippen LogP contribution is -2.46. The van der Waals surface area contributed by atoms with Crippen LogP contribution in [0.5, 0.6) is 0 Å². The minimum Gasteiger partial charge on any atom is -0.214 e. The fraction of sp³-hybridized carbons (Fsp3) is 0.878. The molecule has 0 aromatic heterocycles. The van der Waals surface area contributed by atoms with Crippen LogP contribution in [0.2, 0.25) is 18.1 Å². The van der Waals surface area contributed by atoms with Crippen molar-refractivity contribution in [2.75, 3.05) is 0 Å². The summed E-state index contributed by atoms with van der Waals surface area (Å²) in [6.07, 6.45) is 43.9. The maximum Gasteiger partial charge on any atom is 0.0240 e. The second-order valence-corrected chi connectivity index (χ2v) is 18.9. The summed E-state index contributed by atoms with van der Waals surface area (Å²) in [5.74, 6) is 0. The number of unbranched alkanes of at least 4 members (excludes halogenated alkanes) is 27. The van der Waals surface area contributed by atoms with E-state index >= 15 is 0 Å². The van der Waals surface area contributed by atoms with Crippen molar-refractivity contribution < 1.29 is 0 Å². The Balaban J connectivity index is 2.48. The minimum atomic E-state index is -1.39. The zero-order chi connectivity index (χ0) is 30.2. The highest BCUT2D eigenvalue weighted by atomic mass is 28.3. The first-order chi connectivity index (χ1) is 20.8. The maximum absolute atomic E-state index is 2.55. The largest absolute Gasteiger partial charge is 0.214 e. The van der Waals surface area contributed by atoms with E-state index in [1.807, 2.05) is 5.19 Å². The van der Waals surface area contributed by atoms with Crippen LogP contribution in [0.15, 0.2) is 24.3 Å². The van der Waals surface area contributed by atoms with Gasteiger partial charge in [-0.1, -0.05) is 232 Å². The topological polar surface area (TPSA) is 0 Å². The molecule has 0 aliphatic carbocycles. The molecule has 1 aromatic rings. The fourth-order valence-corrected chi connectivity index (χ4v) is 12.7. The Labute approximate surface area is 268 Å². The van der Waals surface area contributed by atoms with Crippen LogP contribution in [-0.4, -0.2) is 8.07 Å². The van der Waals surface area contributed by atoms with Crippen molar-refractivity contribution in [3.8, 4) is 0 Å². The lowest BCUT2D eigenvalue weighted by Gasteiger charge is -2.37. The van der Waals surface area contributed by atoms with Gasteiger partial charge in [0, 0.05) is 8.07 Å². The third-order valence-electron chi connectivity index (χ3n) is 10.3. The van der Waals surface area contributed by atoms with Crippen molar-refractivity contribution in [3.05, 3.63) is 24.3 Å². The van der Waals surface area contributed by atoms with Crippen molar-refractivity contribution in [1.82, 2.24) is 0 Å². The minimum absolute atomic E-state index is 1.37. The second kappa shape index (κ2) is 30.6. The molecule has 0 spiro atoms. The van der Waals surface area contributed by atoms with Crippen molar-refractivity contribution in [2.24, 2.45) is 0 Å². The SMILES string of the molecule is CCCCCCCCCCCC[Si](CCCCCCCCCCCC)(CCCCCCCCCCCC)[c-]1cccc1. The zero-order valence-corrected chi connectivity index (χ0v) is 30.6. The zero-order valence-electron chi connectivity index (χ0n) is 29.6. The normalized spacial score (nSPS) is 12.0. The van der Waals surface area contributed by atoms with Crippen LogP contribution in [0.25, 0.3) is 0 Å². The van der Waals surface area contributed by atoms with Gasteiger partial charge in [-0.2, -0.15) is 17.3 Å². The molecule has 42 heavy (non-hydrogen) atoms. The van der Waals surface area contributed by atoms with Crippen molar-refractivity contribution in [1.29, 1.82) is 0 Å². The summed E-state index contributed by atoms with van der Waals surface area (Å²) in [5.41, 5.74) is 0. The molecule has 1 rings (SSSR count). The Bertz CT molecular complexity index is 557. The van der Waals surface area contributed by atoms with E-state index in [-0.39, 0.29) is 0 Å². The van der Waals surface area contributed by atoms with Crippen LogP contribution in [0.3, 0.4) is 0 Å². The highest BCUT2D eigenvalue weighted by Crippen LogP contribution is 2.30. The molecule has 0 aliphatic rings. The Morgan fingerprint density at radius 2 is 0.524 bits per heavy atom. The summed E-state index contributed by atoms with van der Waals surface area (Å²) < 4.78 is 0. The van der Waals surface area contributed by atoms with E-state index in [0.29, 0.717) is 0 Å². The molecule has 0 N–H and O–H groups in total. The lowest BCUT2D eigenvalue weighted by atomic mass is 10.1. The fourth-order valence-electron chi connectivity index (χ4n) is 7.39. The third kappa shape index (κ3) is 22.1. The maximum atomic E-state index is 2.55. The molecule has 0 bridgehead atoms. The monoisotopic (exact) mass is 600 g/mol. The molecule has 0 amide bonds. The van der Waals surface area contributed by atoms with E-state index in [0.717, 1.165) is 0 Å². The molecule has 0 aliphatic heterocycles. The molecule has 248 valence electrons. The summed E-state index contributed by atoms with van der Waals surface area (Å²) >= 11 is 0. The first-order valence-corrected chi connectivity index (χ1v) is 22.6. The molecule has 0 saturated carbocycles. The van der Waals surface area contributed by atoms with Gasteiger partial charge in [0.2, 0.25) is 0 Å². The van der Waals surface area contributed by atoms with Gasteiger partial charge in [0.05, 0.1) is 0 Å². The van der Waals surface area contributed by atoms with Crippen LogP contribution in [-0.2, 0) is 0 Å². The Morgan fingerprint density at radius 1 is 0.310 bits per heavy atom. The first kappa shape index (κ1) is 39.6. The standard InChI is InChI=1S/C41H79Si/c1-4-7-10-13-16-19-22-25-28-33-38-42(41-36-31-32-37-41,39-34-29-26-23-20-17-14-11-8-5-2)40-35-30-27-24-21-18-15-12-9-6-3/h31-32,36-37H,4-30,33-35,38-40H2,1-3H3/q-1. The average Bonchev–Trinajstić information content (AvgIpc) is 3.55. The molecular formula is C41H79Si-. The van der Waals surface area contributed by atoms with E-state index in [2.05, 4.69) is 45.0 Å². The lowest BCUT2D eigenvalue weighted by molar-refractivity contribution is 0.556.